The molecule has 0 amide bonds. The van der Waals surface area contributed by atoms with Crippen molar-refractivity contribution in [2.24, 2.45) is 0 Å². The lowest BCUT2D eigenvalue weighted by Crippen LogP contribution is -1.98. The lowest BCUT2D eigenvalue weighted by Gasteiger charge is -2.04. The second-order valence-corrected chi connectivity index (χ2v) is 3.90. The van der Waals surface area contributed by atoms with Crippen LogP contribution in [0.4, 0.5) is 0 Å². The Morgan fingerprint density at radius 3 is 2.05 bits per heavy atom. The van der Waals surface area contributed by atoms with Crippen LogP contribution in [0, 0.1) is 6.92 Å². The average Bonchev–Trinajstić information content (AvgIpc) is 2.48. The molecule has 3 aromatic heterocycles. The normalized spacial score (nSPS) is 10.4. The van der Waals surface area contributed by atoms with Gasteiger partial charge in [-0.1, -0.05) is 0 Å². The Bertz CT molecular complexity index is 626. The van der Waals surface area contributed by atoms with Gasteiger partial charge in [0.15, 0.2) is 5.82 Å². The van der Waals surface area contributed by atoms with Crippen LogP contribution in [-0.4, -0.2) is 29.9 Å². The van der Waals surface area contributed by atoms with Crippen molar-refractivity contribution in [1.82, 2.24) is 29.9 Å². The summed E-state index contributed by atoms with van der Waals surface area (Å²) in [6, 6.07) is 1.86. The van der Waals surface area contributed by atoms with Gasteiger partial charge in [-0.25, -0.2) is 15.0 Å². The third kappa shape index (κ3) is 2.42. The van der Waals surface area contributed by atoms with Crippen molar-refractivity contribution >= 4 is 0 Å². The molecule has 19 heavy (non-hydrogen) atoms. The molecule has 0 aliphatic heterocycles. The first-order valence-corrected chi connectivity index (χ1v) is 5.71. The van der Waals surface area contributed by atoms with Crippen LogP contribution in [0.2, 0.25) is 0 Å². The third-order valence-electron chi connectivity index (χ3n) is 2.47. The fraction of sp³-hybridized carbons (Fsp3) is 0.0769. The minimum absolute atomic E-state index is 0.536. The maximum Gasteiger partial charge on any atom is 0.180 e. The molecule has 0 bridgehead atoms. The molecule has 0 saturated heterocycles. The first kappa shape index (κ1) is 11.3. The van der Waals surface area contributed by atoms with E-state index in [1.54, 1.807) is 37.2 Å². The molecular formula is C13H10N6. The molecule has 3 heterocycles. The van der Waals surface area contributed by atoms with Crippen LogP contribution in [0.3, 0.4) is 0 Å². The molecule has 0 aromatic carbocycles. The number of aryl methyl sites for hydroxylation is 1. The highest BCUT2D eigenvalue weighted by atomic mass is 14.9. The van der Waals surface area contributed by atoms with Gasteiger partial charge in [0.1, 0.15) is 11.4 Å². The maximum atomic E-state index is 4.46. The fourth-order valence-electron chi connectivity index (χ4n) is 1.66. The summed E-state index contributed by atoms with van der Waals surface area (Å²) < 4.78 is 0. The average molecular weight is 250 g/mol. The lowest BCUT2D eigenvalue weighted by molar-refractivity contribution is 1.06. The van der Waals surface area contributed by atoms with Crippen LogP contribution < -0.4 is 0 Å². The van der Waals surface area contributed by atoms with E-state index < -0.39 is 0 Å². The van der Waals surface area contributed by atoms with Gasteiger partial charge in [0.25, 0.3) is 0 Å². The van der Waals surface area contributed by atoms with Gasteiger partial charge in [-0.05, 0) is 13.0 Å². The lowest BCUT2D eigenvalue weighted by atomic mass is 10.2. The molecule has 0 saturated carbocycles. The standard InChI is InChI=1S/C13H10N6/c1-9-6-10(11-7-14-2-4-16-11)19-13(18-9)12-8-15-3-5-17-12/h2-8H,1H3. The molecule has 6 nitrogen and oxygen atoms in total. The summed E-state index contributed by atoms with van der Waals surface area (Å²) in [5, 5.41) is 0. The van der Waals surface area contributed by atoms with Crippen LogP contribution >= 0.6 is 0 Å². The summed E-state index contributed by atoms with van der Waals surface area (Å²) in [5.41, 5.74) is 2.91. The maximum absolute atomic E-state index is 4.46. The van der Waals surface area contributed by atoms with Crippen LogP contribution in [0.15, 0.2) is 43.2 Å². The van der Waals surface area contributed by atoms with Crippen LogP contribution in [0.5, 0.6) is 0 Å². The Kier molecular flexibility index (Phi) is 2.89. The van der Waals surface area contributed by atoms with E-state index in [1.165, 1.54) is 0 Å². The van der Waals surface area contributed by atoms with Gasteiger partial charge in [-0.3, -0.25) is 15.0 Å². The molecule has 3 rings (SSSR count). The second-order valence-electron chi connectivity index (χ2n) is 3.90. The first-order chi connectivity index (χ1) is 9.33. The summed E-state index contributed by atoms with van der Waals surface area (Å²) in [4.78, 5) is 25.3. The monoisotopic (exact) mass is 250 g/mol. The predicted molar refractivity (Wildman–Crippen MR) is 68.8 cm³/mol. The van der Waals surface area contributed by atoms with Crippen molar-refractivity contribution in [3.63, 3.8) is 0 Å². The van der Waals surface area contributed by atoms with Crippen molar-refractivity contribution < 1.29 is 0 Å². The molecule has 0 N–H and O–H groups in total. The van der Waals surface area contributed by atoms with E-state index in [-0.39, 0.29) is 0 Å². The molecule has 6 heteroatoms. The Morgan fingerprint density at radius 1 is 0.737 bits per heavy atom. The molecule has 0 unspecified atom stereocenters. The summed E-state index contributed by atoms with van der Waals surface area (Å²) in [7, 11) is 0. The Labute approximate surface area is 109 Å². The molecule has 0 fully saturated rings. The largest absolute Gasteiger partial charge is 0.261 e. The molecule has 0 radical (unpaired) electrons. The SMILES string of the molecule is Cc1cc(-c2cnccn2)nc(-c2cnccn2)n1. The number of aromatic nitrogens is 6. The van der Waals surface area contributed by atoms with Crippen LogP contribution in [0.1, 0.15) is 5.69 Å². The number of hydrogen-bond donors (Lipinski definition) is 0. The van der Waals surface area contributed by atoms with Crippen molar-refractivity contribution in [3.8, 4) is 22.9 Å². The topological polar surface area (TPSA) is 77.3 Å². The van der Waals surface area contributed by atoms with E-state index in [4.69, 9.17) is 0 Å². The summed E-state index contributed by atoms with van der Waals surface area (Å²) in [5.74, 6) is 0.536. The van der Waals surface area contributed by atoms with E-state index in [0.29, 0.717) is 17.2 Å². The van der Waals surface area contributed by atoms with Crippen molar-refractivity contribution in [3.05, 3.63) is 48.9 Å². The van der Waals surface area contributed by atoms with Gasteiger partial charge in [0, 0.05) is 30.5 Å². The quantitative estimate of drug-likeness (QED) is 0.688. The molecule has 0 atom stereocenters. The van der Waals surface area contributed by atoms with E-state index in [9.17, 15) is 0 Å². The highest BCUT2D eigenvalue weighted by Gasteiger charge is 2.08. The van der Waals surface area contributed by atoms with E-state index >= 15 is 0 Å². The first-order valence-electron chi connectivity index (χ1n) is 5.71. The predicted octanol–water partition coefficient (Wildman–Crippen LogP) is 1.70. The molecule has 3 aromatic rings. The number of nitrogens with zero attached hydrogens (tertiary/aromatic N) is 6. The minimum Gasteiger partial charge on any atom is -0.261 e. The van der Waals surface area contributed by atoms with Crippen molar-refractivity contribution in [1.29, 1.82) is 0 Å². The summed E-state index contributed by atoms with van der Waals surface area (Å²) >= 11 is 0. The highest BCUT2D eigenvalue weighted by molar-refractivity contribution is 5.58. The van der Waals surface area contributed by atoms with E-state index in [2.05, 4.69) is 29.9 Å². The molecule has 0 spiro atoms. The van der Waals surface area contributed by atoms with Crippen molar-refractivity contribution in [2.45, 2.75) is 6.92 Å². The Hall–Kier alpha value is -2.76. The molecule has 0 aliphatic rings. The summed E-state index contributed by atoms with van der Waals surface area (Å²) in [6.45, 7) is 1.90. The second kappa shape index (κ2) is 4.85. The fourth-order valence-corrected chi connectivity index (χ4v) is 1.66. The Morgan fingerprint density at radius 2 is 1.42 bits per heavy atom. The van der Waals surface area contributed by atoms with Gasteiger partial charge in [0.05, 0.1) is 18.1 Å². The highest BCUT2D eigenvalue weighted by Crippen LogP contribution is 2.18. The van der Waals surface area contributed by atoms with Gasteiger partial charge >= 0.3 is 0 Å². The third-order valence-corrected chi connectivity index (χ3v) is 2.47. The Balaban J connectivity index is 2.12. The van der Waals surface area contributed by atoms with Gasteiger partial charge in [0.2, 0.25) is 0 Å². The van der Waals surface area contributed by atoms with E-state index in [1.807, 2.05) is 13.0 Å². The smallest absolute Gasteiger partial charge is 0.180 e. The molecular weight excluding hydrogens is 240 g/mol. The van der Waals surface area contributed by atoms with Gasteiger partial charge in [-0.2, -0.15) is 0 Å². The zero-order valence-corrected chi connectivity index (χ0v) is 10.2. The van der Waals surface area contributed by atoms with Gasteiger partial charge in [-0.15, -0.1) is 0 Å². The number of rotatable bonds is 2. The number of hydrogen-bond acceptors (Lipinski definition) is 6. The van der Waals surface area contributed by atoms with E-state index in [0.717, 1.165) is 11.4 Å². The van der Waals surface area contributed by atoms with Crippen LogP contribution in [0.25, 0.3) is 22.9 Å². The van der Waals surface area contributed by atoms with Crippen LogP contribution in [-0.2, 0) is 0 Å². The minimum atomic E-state index is 0.536. The summed E-state index contributed by atoms with van der Waals surface area (Å²) in [6.07, 6.45) is 9.79. The van der Waals surface area contributed by atoms with Crippen molar-refractivity contribution in [2.75, 3.05) is 0 Å². The van der Waals surface area contributed by atoms with Gasteiger partial charge < -0.3 is 0 Å². The zero-order chi connectivity index (χ0) is 13.1. The molecule has 92 valence electrons. The molecule has 0 aliphatic carbocycles. The zero-order valence-electron chi connectivity index (χ0n) is 10.2.